The van der Waals surface area contributed by atoms with Crippen LogP contribution in [0.3, 0.4) is 0 Å². The number of nitrogens with one attached hydrogen (secondary N) is 2. The molecule has 6 nitrogen and oxygen atoms in total. The number of hydrogen-bond donors (Lipinski definition) is 2. The molecule has 0 aromatic heterocycles. The van der Waals surface area contributed by atoms with Crippen molar-refractivity contribution in [3.8, 4) is 5.75 Å². The van der Waals surface area contributed by atoms with Crippen molar-refractivity contribution in [3.63, 3.8) is 0 Å². The zero-order chi connectivity index (χ0) is 18.6. The Balaban J connectivity index is 0.00000261. The number of amides is 2. The number of halogens is 1. The van der Waals surface area contributed by atoms with Crippen LogP contribution in [0.4, 0.5) is 5.69 Å². The number of carbonyl (C=O) groups excluding carboxylic acids is 2. The third-order valence-corrected chi connectivity index (χ3v) is 5.61. The first kappa shape index (κ1) is 21.5. The summed E-state index contributed by atoms with van der Waals surface area (Å²) in [7, 11) is 1.57. The molecule has 1 saturated carbocycles. The number of para-hydroxylation sites is 2. The Labute approximate surface area is 167 Å². The quantitative estimate of drug-likeness (QED) is 0.744. The zero-order valence-electron chi connectivity index (χ0n) is 16.1. The summed E-state index contributed by atoms with van der Waals surface area (Å²) in [4.78, 5) is 27.2. The number of anilines is 1. The Kier molecular flexibility index (Phi) is 7.50. The van der Waals surface area contributed by atoms with E-state index in [9.17, 15) is 9.59 Å². The Morgan fingerprint density at radius 1 is 1.30 bits per heavy atom. The molecule has 2 aliphatic rings. The highest BCUT2D eigenvalue weighted by Gasteiger charge is 2.58. The number of ether oxygens (including phenoxy) is 1. The Hall–Kier alpha value is -1.79. The van der Waals surface area contributed by atoms with Crippen molar-refractivity contribution >= 4 is 29.9 Å². The summed E-state index contributed by atoms with van der Waals surface area (Å²) in [6.07, 6.45) is 3.95. The van der Waals surface area contributed by atoms with Crippen LogP contribution < -0.4 is 15.4 Å². The first-order chi connectivity index (χ1) is 12.6. The van der Waals surface area contributed by atoms with Gasteiger partial charge in [-0.25, -0.2) is 0 Å². The number of rotatable bonds is 7. The molecule has 150 valence electrons. The highest BCUT2D eigenvalue weighted by molar-refractivity contribution is 5.96. The van der Waals surface area contributed by atoms with Gasteiger partial charge in [-0.15, -0.1) is 12.4 Å². The summed E-state index contributed by atoms with van der Waals surface area (Å²) in [5.41, 5.74) is 0.818. The predicted octanol–water partition coefficient (Wildman–Crippen LogP) is 2.68. The molecule has 1 atom stereocenters. The van der Waals surface area contributed by atoms with Crippen LogP contribution in [0.25, 0.3) is 0 Å². The highest BCUT2D eigenvalue weighted by Crippen LogP contribution is 2.59. The van der Waals surface area contributed by atoms with Crippen LogP contribution in [0.2, 0.25) is 0 Å². The molecule has 7 heteroatoms. The maximum Gasteiger partial charge on any atom is 0.244 e. The third kappa shape index (κ3) is 4.93. The fourth-order valence-electron chi connectivity index (χ4n) is 4.04. The van der Waals surface area contributed by atoms with E-state index in [0.717, 1.165) is 38.8 Å². The summed E-state index contributed by atoms with van der Waals surface area (Å²) in [6, 6.07) is 7.30. The molecule has 1 saturated heterocycles. The second-order valence-corrected chi connectivity index (χ2v) is 7.38. The Bertz CT molecular complexity index is 662. The van der Waals surface area contributed by atoms with Gasteiger partial charge < -0.3 is 20.3 Å². The minimum atomic E-state index is -0.184. The van der Waals surface area contributed by atoms with E-state index in [4.69, 9.17) is 4.74 Å². The lowest BCUT2D eigenvalue weighted by Gasteiger charge is -2.26. The molecule has 3 rings (SSSR count). The maximum absolute atomic E-state index is 13.0. The predicted molar refractivity (Wildman–Crippen MR) is 108 cm³/mol. The van der Waals surface area contributed by atoms with Crippen molar-refractivity contribution < 1.29 is 14.3 Å². The fraction of sp³-hybridized carbons (Fsp3) is 0.600. The summed E-state index contributed by atoms with van der Waals surface area (Å²) >= 11 is 0. The molecule has 1 aromatic carbocycles. The fourth-order valence-corrected chi connectivity index (χ4v) is 4.04. The van der Waals surface area contributed by atoms with Crippen LogP contribution in [0.5, 0.6) is 5.75 Å². The van der Waals surface area contributed by atoms with E-state index < -0.39 is 0 Å². The topological polar surface area (TPSA) is 70.7 Å². The standard InChI is InChI=1S/C20H29N3O3.ClH/c1-3-12-23(19(25)15-13-20(15)8-10-21-11-9-20)14-18(24)22-16-6-4-5-7-17(16)26-2;/h4-7,15,21H,3,8-14H2,1-2H3,(H,22,24);1H. The SMILES string of the molecule is CCCN(CC(=O)Nc1ccccc1OC)C(=O)C1CC12CCNCC2.Cl. The molecule has 27 heavy (non-hydrogen) atoms. The average molecular weight is 396 g/mol. The van der Waals surface area contributed by atoms with Gasteiger partial charge in [0.15, 0.2) is 0 Å². The van der Waals surface area contributed by atoms with E-state index in [-0.39, 0.29) is 42.1 Å². The summed E-state index contributed by atoms with van der Waals surface area (Å²) in [6.45, 7) is 4.72. The van der Waals surface area contributed by atoms with Crippen molar-refractivity contribution in [2.45, 2.75) is 32.6 Å². The van der Waals surface area contributed by atoms with Crippen LogP contribution in [0.15, 0.2) is 24.3 Å². The van der Waals surface area contributed by atoms with Gasteiger partial charge in [0.25, 0.3) is 0 Å². The normalized spacial score (nSPS) is 19.7. The monoisotopic (exact) mass is 395 g/mol. The lowest BCUT2D eigenvalue weighted by Crippen LogP contribution is -2.41. The largest absolute Gasteiger partial charge is 0.495 e. The summed E-state index contributed by atoms with van der Waals surface area (Å²) in [5, 5.41) is 6.23. The van der Waals surface area contributed by atoms with Crippen molar-refractivity contribution in [1.82, 2.24) is 10.2 Å². The second kappa shape index (κ2) is 9.42. The van der Waals surface area contributed by atoms with Crippen molar-refractivity contribution in [2.75, 3.05) is 38.6 Å². The van der Waals surface area contributed by atoms with Crippen LogP contribution in [0.1, 0.15) is 32.6 Å². The van der Waals surface area contributed by atoms with E-state index in [1.54, 1.807) is 24.1 Å². The van der Waals surface area contributed by atoms with Gasteiger partial charge in [-0.1, -0.05) is 19.1 Å². The van der Waals surface area contributed by atoms with Gasteiger partial charge in [0, 0.05) is 12.5 Å². The van der Waals surface area contributed by atoms with Gasteiger partial charge in [-0.2, -0.15) is 0 Å². The van der Waals surface area contributed by atoms with E-state index >= 15 is 0 Å². The molecule has 1 aliphatic heterocycles. The van der Waals surface area contributed by atoms with Crippen LogP contribution in [-0.4, -0.2) is 50.0 Å². The van der Waals surface area contributed by atoms with E-state index in [2.05, 4.69) is 10.6 Å². The minimum absolute atomic E-state index is 0. The van der Waals surface area contributed by atoms with Crippen LogP contribution >= 0.6 is 12.4 Å². The van der Waals surface area contributed by atoms with Crippen molar-refractivity contribution in [3.05, 3.63) is 24.3 Å². The molecule has 2 amide bonds. The van der Waals surface area contributed by atoms with E-state index in [1.165, 1.54) is 0 Å². The van der Waals surface area contributed by atoms with Gasteiger partial charge >= 0.3 is 0 Å². The molecular formula is C20H30ClN3O3. The molecule has 1 heterocycles. The number of hydrogen-bond acceptors (Lipinski definition) is 4. The Morgan fingerprint density at radius 3 is 2.67 bits per heavy atom. The molecule has 1 spiro atoms. The lowest BCUT2D eigenvalue weighted by atomic mass is 9.91. The van der Waals surface area contributed by atoms with Gasteiger partial charge in [-0.3, -0.25) is 9.59 Å². The average Bonchev–Trinajstić information content (AvgIpc) is 3.34. The smallest absolute Gasteiger partial charge is 0.244 e. The van der Waals surface area contributed by atoms with Gasteiger partial charge in [0.2, 0.25) is 11.8 Å². The van der Waals surface area contributed by atoms with Gasteiger partial charge in [0.1, 0.15) is 5.75 Å². The second-order valence-electron chi connectivity index (χ2n) is 7.38. The Morgan fingerprint density at radius 2 is 2.00 bits per heavy atom. The van der Waals surface area contributed by atoms with E-state index in [1.807, 2.05) is 19.1 Å². The molecule has 2 N–H and O–H groups in total. The summed E-state index contributed by atoms with van der Waals surface area (Å²) in [5.74, 6) is 0.667. The third-order valence-electron chi connectivity index (χ3n) is 5.61. The number of nitrogens with zero attached hydrogens (tertiary/aromatic N) is 1. The highest BCUT2D eigenvalue weighted by atomic mass is 35.5. The van der Waals surface area contributed by atoms with Gasteiger partial charge in [-0.05, 0) is 56.3 Å². The van der Waals surface area contributed by atoms with Gasteiger partial charge in [0.05, 0.1) is 19.3 Å². The molecule has 0 radical (unpaired) electrons. The first-order valence-corrected chi connectivity index (χ1v) is 9.52. The molecule has 1 aliphatic carbocycles. The zero-order valence-corrected chi connectivity index (χ0v) is 16.9. The summed E-state index contributed by atoms with van der Waals surface area (Å²) < 4.78 is 5.27. The van der Waals surface area contributed by atoms with Crippen LogP contribution in [-0.2, 0) is 9.59 Å². The number of carbonyl (C=O) groups is 2. The molecule has 2 fully saturated rings. The van der Waals surface area contributed by atoms with E-state index in [0.29, 0.717) is 18.0 Å². The first-order valence-electron chi connectivity index (χ1n) is 9.52. The molecule has 0 bridgehead atoms. The number of methoxy groups -OCH3 is 1. The molecular weight excluding hydrogens is 366 g/mol. The van der Waals surface area contributed by atoms with Crippen LogP contribution in [0, 0.1) is 11.3 Å². The lowest BCUT2D eigenvalue weighted by molar-refractivity contribution is -0.136. The molecule has 1 aromatic rings. The van der Waals surface area contributed by atoms with Crippen molar-refractivity contribution in [2.24, 2.45) is 11.3 Å². The molecule has 1 unspecified atom stereocenters. The minimum Gasteiger partial charge on any atom is -0.495 e. The van der Waals surface area contributed by atoms with Crippen molar-refractivity contribution in [1.29, 1.82) is 0 Å². The number of piperidine rings is 1. The number of benzene rings is 1. The maximum atomic E-state index is 13.0.